The largest absolute Gasteiger partial charge is 0.255 e. The van der Waals surface area contributed by atoms with Crippen LogP contribution in [0.3, 0.4) is 0 Å². The molecule has 27 heavy (non-hydrogen) atoms. The Labute approximate surface area is 164 Å². The van der Waals surface area contributed by atoms with Crippen LogP contribution < -0.4 is 0 Å². The Hall–Kier alpha value is -3.19. The number of halogens is 1. The quantitative estimate of drug-likeness (QED) is 0.425. The summed E-state index contributed by atoms with van der Waals surface area (Å²) < 4.78 is 0. The van der Waals surface area contributed by atoms with Gasteiger partial charge in [0.2, 0.25) is 0 Å². The molecule has 0 fully saturated rings. The first-order chi connectivity index (χ1) is 13.2. The van der Waals surface area contributed by atoms with Crippen LogP contribution in [0.2, 0.25) is 5.02 Å². The van der Waals surface area contributed by atoms with E-state index < -0.39 is 0 Å². The first-order valence-corrected chi connectivity index (χ1v) is 9.01. The maximum atomic E-state index is 5.89. The summed E-state index contributed by atoms with van der Waals surface area (Å²) in [4.78, 5) is 9.00. The van der Waals surface area contributed by atoms with E-state index in [0.717, 1.165) is 33.1 Å². The van der Waals surface area contributed by atoms with E-state index in [0.29, 0.717) is 0 Å². The normalized spacial score (nSPS) is 10.9. The van der Waals surface area contributed by atoms with Gasteiger partial charge >= 0.3 is 0 Å². The standard InChI is InChI=1S/C24H19ClN2/c1-19(21-9-3-2-4-10-21)18-27-24-12-6-5-11-23(24)26-17-7-8-20-13-15-22(25)16-14-20/h2-17H,1H3/b8-7+,26-17?. The molecule has 2 nitrogen and oxygen atoms in total. The van der Waals surface area contributed by atoms with Gasteiger partial charge in [-0.1, -0.05) is 72.3 Å². The van der Waals surface area contributed by atoms with Crippen molar-refractivity contribution in [1.82, 2.24) is 0 Å². The number of nitrogens with zero attached hydrogens (tertiary/aromatic N) is 2. The highest BCUT2D eigenvalue weighted by Gasteiger charge is 1.97. The van der Waals surface area contributed by atoms with E-state index in [1.807, 2.05) is 97.9 Å². The zero-order chi connectivity index (χ0) is 18.9. The van der Waals surface area contributed by atoms with Crippen molar-refractivity contribution in [3.63, 3.8) is 0 Å². The second-order valence-corrected chi connectivity index (χ2v) is 6.33. The van der Waals surface area contributed by atoms with Crippen molar-refractivity contribution in [3.05, 3.63) is 101 Å². The fourth-order valence-corrected chi connectivity index (χ4v) is 2.54. The number of para-hydroxylation sites is 2. The summed E-state index contributed by atoms with van der Waals surface area (Å²) in [5.74, 6) is 3.11. The minimum Gasteiger partial charge on any atom is -0.255 e. The first kappa shape index (κ1) is 18.6. The third-order valence-electron chi connectivity index (χ3n) is 3.89. The molecule has 0 radical (unpaired) electrons. The van der Waals surface area contributed by atoms with Crippen LogP contribution in [0.25, 0.3) is 11.6 Å². The van der Waals surface area contributed by atoms with E-state index >= 15 is 0 Å². The third kappa shape index (κ3) is 5.65. The summed E-state index contributed by atoms with van der Waals surface area (Å²) in [6.45, 7) is 2.00. The molecule has 0 saturated carbocycles. The zero-order valence-corrected chi connectivity index (χ0v) is 15.8. The van der Waals surface area contributed by atoms with Gasteiger partial charge in [0.05, 0.1) is 11.4 Å². The molecule has 132 valence electrons. The van der Waals surface area contributed by atoms with E-state index in [4.69, 9.17) is 11.6 Å². The van der Waals surface area contributed by atoms with Crippen LogP contribution in [-0.4, -0.2) is 12.1 Å². The van der Waals surface area contributed by atoms with Gasteiger partial charge in [-0.3, -0.25) is 4.99 Å². The van der Waals surface area contributed by atoms with E-state index in [-0.39, 0.29) is 0 Å². The van der Waals surface area contributed by atoms with Gasteiger partial charge in [0, 0.05) is 16.8 Å². The molecule has 0 amide bonds. The minimum atomic E-state index is 0.728. The monoisotopic (exact) mass is 370 g/mol. The molecule has 0 N–H and O–H groups in total. The summed E-state index contributed by atoms with van der Waals surface area (Å²) in [7, 11) is 0. The van der Waals surface area contributed by atoms with Gasteiger partial charge in [-0.15, -0.1) is 0 Å². The molecule has 0 spiro atoms. The lowest BCUT2D eigenvalue weighted by atomic mass is 10.1. The van der Waals surface area contributed by atoms with Gasteiger partial charge in [0.15, 0.2) is 0 Å². The first-order valence-electron chi connectivity index (χ1n) is 8.63. The Balaban J connectivity index is 1.78. The van der Waals surface area contributed by atoms with Gasteiger partial charge in [0.25, 0.3) is 0 Å². The Kier molecular flexibility index (Phi) is 6.54. The van der Waals surface area contributed by atoms with Crippen molar-refractivity contribution in [3.8, 4) is 0 Å². The summed E-state index contributed by atoms with van der Waals surface area (Å²) in [6.07, 6.45) is 5.64. The van der Waals surface area contributed by atoms with Crippen molar-refractivity contribution in [1.29, 1.82) is 0 Å². The van der Waals surface area contributed by atoms with Crippen molar-refractivity contribution in [2.75, 3.05) is 0 Å². The molecule has 0 atom stereocenters. The maximum absolute atomic E-state index is 5.89. The van der Waals surface area contributed by atoms with Crippen molar-refractivity contribution in [2.24, 2.45) is 9.98 Å². The Morgan fingerprint density at radius 1 is 0.852 bits per heavy atom. The molecule has 3 aromatic carbocycles. The molecule has 0 unspecified atom stereocenters. The molecule has 3 heteroatoms. The molecule has 0 heterocycles. The van der Waals surface area contributed by atoms with E-state index in [1.165, 1.54) is 0 Å². The second-order valence-electron chi connectivity index (χ2n) is 5.89. The highest BCUT2D eigenvalue weighted by Crippen LogP contribution is 2.26. The molecule has 0 aliphatic rings. The van der Waals surface area contributed by atoms with Crippen LogP contribution in [-0.2, 0) is 0 Å². The lowest BCUT2D eigenvalue weighted by Crippen LogP contribution is -1.78. The Morgan fingerprint density at radius 2 is 1.52 bits per heavy atom. The highest BCUT2D eigenvalue weighted by molar-refractivity contribution is 6.30. The van der Waals surface area contributed by atoms with Crippen LogP contribution >= 0.6 is 11.6 Å². The van der Waals surface area contributed by atoms with Gasteiger partial charge in [-0.05, 0) is 54.3 Å². The van der Waals surface area contributed by atoms with Crippen LogP contribution in [0.1, 0.15) is 18.1 Å². The van der Waals surface area contributed by atoms with Crippen molar-refractivity contribution in [2.45, 2.75) is 6.92 Å². The molecule has 0 saturated heterocycles. The summed E-state index contributed by atoms with van der Waals surface area (Å²) in [5.41, 5.74) is 4.74. The van der Waals surface area contributed by atoms with Crippen LogP contribution in [0.5, 0.6) is 0 Å². The highest BCUT2D eigenvalue weighted by atomic mass is 35.5. The fraction of sp³-hybridized carbons (Fsp3) is 0.0417. The summed E-state index contributed by atoms with van der Waals surface area (Å²) in [6, 6.07) is 25.5. The molecule has 0 aromatic heterocycles. The predicted octanol–water partition coefficient (Wildman–Crippen LogP) is 7.16. The summed E-state index contributed by atoms with van der Waals surface area (Å²) in [5, 5.41) is 0.728. The van der Waals surface area contributed by atoms with Gasteiger partial charge in [-0.25, -0.2) is 4.99 Å². The molecule has 3 aromatic rings. The minimum absolute atomic E-state index is 0.728. The molecule has 3 rings (SSSR count). The number of aliphatic imine (C=N–C) groups is 2. The molecular formula is C24H19ClN2. The smallest absolute Gasteiger partial charge is 0.0986 e. The van der Waals surface area contributed by atoms with Crippen molar-refractivity contribution < 1.29 is 0 Å². The molecule has 0 aliphatic heterocycles. The van der Waals surface area contributed by atoms with Crippen LogP contribution in [0.4, 0.5) is 11.4 Å². The maximum Gasteiger partial charge on any atom is 0.0986 e. The lowest BCUT2D eigenvalue weighted by molar-refractivity contribution is 1.47. The lowest BCUT2D eigenvalue weighted by Gasteiger charge is -1.98. The average molecular weight is 371 g/mol. The number of hydrogen-bond donors (Lipinski definition) is 0. The van der Waals surface area contributed by atoms with E-state index in [9.17, 15) is 0 Å². The number of rotatable bonds is 5. The Bertz CT molecular complexity index is 1010. The Morgan fingerprint density at radius 3 is 2.26 bits per heavy atom. The number of hydrogen-bond acceptors (Lipinski definition) is 2. The SMILES string of the molecule is CC(=C=Nc1ccccc1N=C/C=C/c1ccc(Cl)cc1)c1ccccc1. The van der Waals surface area contributed by atoms with E-state index in [2.05, 4.69) is 15.9 Å². The van der Waals surface area contributed by atoms with Crippen LogP contribution in [0, 0.1) is 0 Å². The number of benzene rings is 3. The van der Waals surface area contributed by atoms with Gasteiger partial charge < -0.3 is 0 Å². The molecule has 0 bridgehead atoms. The third-order valence-corrected chi connectivity index (χ3v) is 4.14. The predicted molar refractivity (Wildman–Crippen MR) is 118 cm³/mol. The molecule has 0 aliphatic carbocycles. The zero-order valence-electron chi connectivity index (χ0n) is 15.0. The summed E-state index contributed by atoms with van der Waals surface area (Å²) >= 11 is 5.89. The fourth-order valence-electron chi connectivity index (χ4n) is 2.42. The molecular weight excluding hydrogens is 352 g/mol. The van der Waals surface area contributed by atoms with Gasteiger partial charge in [-0.2, -0.15) is 0 Å². The number of allylic oxidation sites excluding steroid dienone is 2. The van der Waals surface area contributed by atoms with Crippen molar-refractivity contribution >= 4 is 46.7 Å². The van der Waals surface area contributed by atoms with E-state index in [1.54, 1.807) is 6.21 Å². The topological polar surface area (TPSA) is 24.7 Å². The second kappa shape index (κ2) is 9.49. The van der Waals surface area contributed by atoms with Gasteiger partial charge in [0.1, 0.15) is 0 Å². The van der Waals surface area contributed by atoms with Crippen LogP contribution in [0.15, 0.2) is 94.9 Å². The average Bonchev–Trinajstić information content (AvgIpc) is 2.72.